The third-order valence-corrected chi connectivity index (χ3v) is 5.93. The number of hydrogen-bond donors (Lipinski definition) is 0. The van der Waals surface area contributed by atoms with Gasteiger partial charge in [-0.2, -0.15) is 0 Å². The molecule has 1 aliphatic rings. The van der Waals surface area contributed by atoms with E-state index in [4.69, 9.17) is 4.74 Å². The number of hydrogen-bond acceptors (Lipinski definition) is 2. The average molecular weight is 420 g/mol. The molecule has 0 atom stereocenters. The van der Waals surface area contributed by atoms with Crippen LogP contribution in [0.25, 0.3) is 6.08 Å². The molecular weight excluding hydrogens is 380 g/mol. The van der Waals surface area contributed by atoms with Crippen LogP contribution in [0.2, 0.25) is 0 Å². The molecule has 0 radical (unpaired) electrons. The van der Waals surface area contributed by atoms with E-state index >= 15 is 0 Å². The summed E-state index contributed by atoms with van der Waals surface area (Å²) in [6.07, 6.45) is 12.6. The van der Waals surface area contributed by atoms with Crippen molar-refractivity contribution in [3.63, 3.8) is 0 Å². The minimum Gasteiger partial charge on any atom is -0.493 e. The molecule has 0 bridgehead atoms. The minimum absolute atomic E-state index is 0.796. The van der Waals surface area contributed by atoms with Crippen LogP contribution in [0.5, 0.6) is 5.75 Å². The van der Waals surface area contributed by atoms with Crippen LogP contribution in [0.15, 0.2) is 42.5 Å². The van der Waals surface area contributed by atoms with Gasteiger partial charge in [-0.25, -0.2) is 4.90 Å². The molecule has 1 aliphatic heterocycles. The van der Waals surface area contributed by atoms with Gasteiger partial charge in [0.1, 0.15) is 11.4 Å². The van der Waals surface area contributed by atoms with Crippen LogP contribution in [-0.4, -0.2) is 37.2 Å². The maximum Gasteiger partial charge on any atom is 0.239 e. The van der Waals surface area contributed by atoms with Gasteiger partial charge in [-0.1, -0.05) is 48.0 Å². The summed E-state index contributed by atoms with van der Waals surface area (Å²) in [4.78, 5) is 2.46. The summed E-state index contributed by atoms with van der Waals surface area (Å²) in [6, 6.07) is 12.9. The first-order valence-corrected chi connectivity index (χ1v) is 11.9. The number of aryl methyl sites for hydroxylation is 3. The van der Waals surface area contributed by atoms with Crippen LogP contribution in [0.1, 0.15) is 61.3 Å². The molecule has 0 saturated heterocycles. The Bertz CT molecular complexity index is 890. The van der Waals surface area contributed by atoms with Gasteiger partial charge in [0.15, 0.2) is 0 Å². The SMILES string of the molecule is C/C=C/c1ccccc1OCCCCCC[N+]1=CN(c2c(C)cc(C)cc2C)CCC1. The molecule has 0 aromatic heterocycles. The van der Waals surface area contributed by atoms with Gasteiger partial charge in [0.25, 0.3) is 0 Å². The standard InChI is InChI=1S/C28H39N2O/c1-5-13-26-14-8-9-15-27(26)31-19-11-7-6-10-16-29-17-12-18-30(22-29)28-24(3)20-23(2)21-25(28)4/h5,8-9,13-15,20-22H,6-7,10-12,16-19H2,1-4H3/q+1/b13-5+. The zero-order chi connectivity index (χ0) is 22.1. The van der Waals surface area contributed by atoms with Crippen LogP contribution in [0.4, 0.5) is 5.69 Å². The average Bonchev–Trinajstić information content (AvgIpc) is 2.74. The molecule has 0 aliphatic carbocycles. The van der Waals surface area contributed by atoms with Gasteiger partial charge in [-0.3, -0.25) is 4.58 Å². The Balaban J connectivity index is 1.41. The summed E-state index contributed by atoms with van der Waals surface area (Å²) in [6.45, 7) is 12.9. The fourth-order valence-corrected chi connectivity index (χ4v) is 4.60. The molecule has 0 amide bonds. The predicted octanol–water partition coefficient (Wildman–Crippen LogP) is 6.54. The molecule has 2 aromatic carbocycles. The normalized spacial score (nSPS) is 14.2. The highest BCUT2D eigenvalue weighted by Gasteiger charge is 2.22. The minimum atomic E-state index is 0.796. The molecule has 1 heterocycles. The lowest BCUT2D eigenvalue weighted by atomic mass is 10.0. The van der Waals surface area contributed by atoms with Crippen LogP contribution in [0, 0.1) is 20.8 Å². The van der Waals surface area contributed by atoms with E-state index in [1.54, 1.807) is 0 Å². The van der Waals surface area contributed by atoms with E-state index in [2.05, 4.69) is 79.1 Å². The summed E-state index contributed by atoms with van der Waals surface area (Å²) < 4.78 is 8.51. The molecule has 0 N–H and O–H groups in total. The highest BCUT2D eigenvalue weighted by Crippen LogP contribution is 2.26. The second-order valence-electron chi connectivity index (χ2n) is 8.75. The topological polar surface area (TPSA) is 15.5 Å². The zero-order valence-electron chi connectivity index (χ0n) is 19.9. The molecule has 3 heteroatoms. The first-order chi connectivity index (χ1) is 15.1. The highest BCUT2D eigenvalue weighted by atomic mass is 16.5. The van der Waals surface area contributed by atoms with E-state index in [1.165, 1.54) is 54.6 Å². The summed E-state index contributed by atoms with van der Waals surface area (Å²) in [5, 5.41) is 0. The number of allylic oxidation sites excluding steroid dienone is 1. The van der Waals surface area contributed by atoms with Crippen molar-refractivity contribution >= 4 is 18.1 Å². The Labute approximate surface area is 189 Å². The molecule has 31 heavy (non-hydrogen) atoms. The summed E-state index contributed by atoms with van der Waals surface area (Å²) >= 11 is 0. The fraction of sp³-hybridized carbons (Fsp3) is 0.464. The van der Waals surface area contributed by atoms with E-state index in [0.29, 0.717) is 0 Å². The van der Waals surface area contributed by atoms with Gasteiger partial charge in [0, 0.05) is 12.0 Å². The van der Waals surface area contributed by atoms with Crippen molar-refractivity contribution in [3.8, 4) is 5.75 Å². The van der Waals surface area contributed by atoms with Crippen LogP contribution in [0.3, 0.4) is 0 Å². The Hall–Kier alpha value is -2.55. The quantitative estimate of drug-likeness (QED) is 0.321. The third-order valence-electron chi connectivity index (χ3n) is 5.93. The molecule has 0 saturated carbocycles. The number of ether oxygens (including phenoxy) is 1. The van der Waals surface area contributed by atoms with Gasteiger partial charge >= 0.3 is 0 Å². The van der Waals surface area contributed by atoms with Crippen molar-refractivity contribution in [2.75, 3.05) is 31.1 Å². The monoisotopic (exact) mass is 419 g/mol. The van der Waals surface area contributed by atoms with Gasteiger partial charge in [0.2, 0.25) is 6.34 Å². The zero-order valence-corrected chi connectivity index (χ0v) is 19.9. The van der Waals surface area contributed by atoms with Crippen molar-refractivity contribution in [1.29, 1.82) is 0 Å². The largest absolute Gasteiger partial charge is 0.493 e. The number of para-hydroxylation sites is 1. The van der Waals surface area contributed by atoms with Crippen molar-refractivity contribution in [2.45, 2.75) is 59.8 Å². The van der Waals surface area contributed by atoms with Crippen LogP contribution < -0.4 is 9.64 Å². The van der Waals surface area contributed by atoms with E-state index < -0.39 is 0 Å². The van der Waals surface area contributed by atoms with Gasteiger partial charge in [0.05, 0.1) is 26.2 Å². The van der Waals surface area contributed by atoms with Crippen molar-refractivity contribution in [3.05, 3.63) is 64.7 Å². The van der Waals surface area contributed by atoms with Crippen molar-refractivity contribution < 1.29 is 9.31 Å². The maximum absolute atomic E-state index is 6.01. The predicted molar refractivity (Wildman–Crippen MR) is 134 cm³/mol. The number of benzene rings is 2. The molecule has 0 spiro atoms. The number of anilines is 1. The lowest BCUT2D eigenvalue weighted by Crippen LogP contribution is -2.37. The van der Waals surface area contributed by atoms with Gasteiger partial charge in [-0.15, -0.1) is 0 Å². The number of nitrogens with zero attached hydrogens (tertiary/aromatic N) is 2. The lowest BCUT2D eigenvalue weighted by Gasteiger charge is -2.23. The van der Waals surface area contributed by atoms with Crippen molar-refractivity contribution in [1.82, 2.24) is 0 Å². The summed E-state index contributed by atoms with van der Waals surface area (Å²) in [7, 11) is 0. The highest BCUT2D eigenvalue weighted by molar-refractivity contribution is 5.80. The number of unbranched alkanes of at least 4 members (excludes halogenated alkanes) is 3. The van der Waals surface area contributed by atoms with E-state index in [9.17, 15) is 0 Å². The van der Waals surface area contributed by atoms with Crippen LogP contribution in [-0.2, 0) is 0 Å². The molecule has 166 valence electrons. The van der Waals surface area contributed by atoms with E-state index in [0.717, 1.165) is 37.4 Å². The molecular formula is C28H39N2O+. The maximum atomic E-state index is 6.01. The second-order valence-corrected chi connectivity index (χ2v) is 8.75. The van der Waals surface area contributed by atoms with Crippen LogP contribution >= 0.6 is 0 Å². The molecule has 0 unspecified atom stereocenters. The van der Waals surface area contributed by atoms with E-state index in [-0.39, 0.29) is 0 Å². The third kappa shape index (κ3) is 6.72. The summed E-state index contributed by atoms with van der Waals surface area (Å²) in [5.74, 6) is 0.991. The molecule has 2 aromatic rings. The second kappa shape index (κ2) is 11.7. The Morgan fingerprint density at radius 3 is 2.52 bits per heavy atom. The fourth-order valence-electron chi connectivity index (χ4n) is 4.60. The van der Waals surface area contributed by atoms with E-state index in [1.807, 2.05) is 13.0 Å². The Kier molecular flexibility index (Phi) is 8.75. The van der Waals surface area contributed by atoms with Gasteiger partial charge < -0.3 is 4.74 Å². The molecule has 3 rings (SSSR count). The Morgan fingerprint density at radius 1 is 1.00 bits per heavy atom. The van der Waals surface area contributed by atoms with Gasteiger partial charge in [-0.05, 0) is 70.6 Å². The first-order valence-electron chi connectivity index (χ1n) is 11.9. The lowest BCUT2D eigenvalue weighted by molar-refractivity contribution is -0.527. The Morgan fingerprint density at radius 2 is 1.74 bits per heavy atom. The van der Waals surface area contributed by atoms with Crippen molar-refractivity contribution in [2.24, 2.45) is 0 Å². The summed E-state index contributed by atoms with van der Waals surface area (Å²) in [5.41, 5.74) is 6.67. The molecule has 0 fully saturated rings. The molecule has 3 nitrogen and oxygen atoms in total. The smallest absolute Gasteiger partial charge is 0.239 e. The first kappa shape index (κ1) is 23.1. The number of rotatable bonds is 10.